The third kappa shape index (κ3) is 7.77. The van der Waals surface area contributed by atoms with Crippen LogP contribution in [0.1, 0.15) is 5.56 Å². The maximum atomic E-state index is 11.7. The number of hydrogen-bond acceptors (Lipinski definition) is 7. The number of benzene rings is 1. The van der Waals surface area contributed by atoms with Crippen molar-refractivity contribution < 1.29 is 28.6 Å². The molecule has 0 saturated carbocycles. The minimum atomic E-state index is -0.785. The first-order valence-electron chi connectivity index (χ1n) is 6.92. The van der Waals surface area contributed by atoms with Gasteiger partial charge in [-0.05, 0) is 12.0 Å². The lowest BCUT2D eigenvalue weighted by Gasteiger charge is -2.11. The second-order valence-electron chi connectivity index (χ2n) is 4.49. The Labute approximate surface area is 134 Å². The second-order valence-corrected chi connectivity index (χ2v) is 4.49. The molecular weight excluding hydrogens is 302 g/mol. The summed E-state index contributed by atoms with van der Waals surface area (Å²) in [5.41, 5.74) is 6.67. The van der Waals surface area contributed by atoms with Gasteiger partial charge in [-0.15, -0.1) is 0 Å². The van der Waals surface area contributed by atoms with E-state index in [0.29, 0.717) is 6.42 Å². The highest BCUT2D eigenvalue weighted by molar-refractivity contribution is 5.91. The molecule has 2 N–H and O–H groups in total. The molecule has 0 saturated heterocycles. The molecule has 124 valence electrons. The number of hydrogen-bond donors (Lipinski definition) is 1. The Morgan fingerprint density at radius 3 is 2.30 bits per heavy atom. The zero-order valence-corrected chi connectivity index (χ0v) is 12.8. The van der Waals surface area contributed by atoms with Gasteiger partial charge in [-0.25, -0.2) is 9.59 Å². The molecule has 1 atom stereocenters. The van der Waals surface area contributed by atoms with Crippen LogP contribution < -0.4 is 5.73 Å². The summed E-state index contributed by atoms with van der Waals surface area (Å²) in [6.07, 6.45) is 2.22. The highest BCUT2D eigenvalue weighted by atomic mass is 16.6. The van der Waals surface area contributed by atoms with Crippen LogP contribution in [-0.2, 0) is 35.0 Å². The van der Waals surface area contributed by atoms with Crippen LogP contribution in [-0.4, -0.2) is 44.3 Å². The van der Waals surface area contributed by atoms with Crippen molar-refractivity contribution in [3.05, 3.63) is 48.0 Å². The van der Waals surface area contributed by atoms with Gasteiger partial charge in [-0.1, -0.05) is 30.3 Å². The Morgan fingerprint density at radius 2 is 1.65 bits per heavy atom. The quantitative estimate of drug-likeness (QED) is 0.319. The van der Waals surface area contributed by atoms with Crippen LogP contribution in [0.2, 0.25) is 0 Å². The van der Waals surface area contributed by atoms with Crippen molar-refractivity contribution in [3.63, 3.8) is 0 Å². The summed E-state index contributed by atoms with van der Waals surface area (Å²) in [6.45, 7) is -0.243. The summed E-state index contributed by atoms with van der Waals surface area (Å²) >= 11 is 0. The van der Waals surface area contributed by atoms with E-state index >= 15 is 0 Å². The fraction of sp³-hybridized carbons (Fsp3) is 0.312. The fourth-order valence-electron chi connectivity index (χ4n) is 1.60. The van der Waals surface area contributed by atoms with Crippen molar-refractivity contribution in [2.45, 2.75) is 12.5 Å². The molecule has 7 nitrogen and oxygen atoms in total. The molecule has 0 heterocycles. The van der Waals surface area contributed by atoms with E-state index in [2.05, 4.69) is 4.74 Å². The van der Waals surface area contributed by atoms with Gasteiger partial charge in [0.1, 0.15) is 19.3 Å². The summed E-state index contributed by atoms with van der Waals surface area (Å²) in [6, 6.07) is 8.53. The third-order valence-corrected chi connectivity index (χ3v) is 2.73. The molecule has 0 spiro atoms. The average Bonchev–Trinajstić information content (AvgIpc) is 2.57. The third-order valence-electron chi connectivity index (χ3n) is 2.73. The molecule has 0 bridgehead atoms. The maximum absolute atomic E-state index is 11.7. The first-order valence-corrected chi connectivity index (χ1v) is 6.92. The van der Waals surface area contributed by atoms with E-state index in [-0.39, 0.29) is 13.2 Å². The number of rotatable bonds is 8. The monoisotopic (exact) mass is 321 g/mol. The lowest BCUT2D eigenvalue weighted by molar-refractivity contribution is -0.150. The number of methoxy groups -OCH3 is 1. The van der Waals surface area contributed by atoms with E-state index in [1.54, 1.807) is 0 Å². The van der Waals surface area contributed by atoms with Crippen LogP contribution in [0.4, 0.5) is 0 Å². The Bertz CT molecular complexity index is 555. The number of nitrogens with two attached hydrogens (primary N) is 1. The SMILES string of the molecule is COC(=O)/C=C/C(=O)OCCOC(=O)[C@@H](N)Cc1ccccc1. The standard InChI is InChI=1S/C16H19NO6/c1-21-14(18)7-8-15(19)22-9-10-23-16(20)13(17)11-12-5-3-2-4-6-12/h2-8,13H,9-11,17H2,1H3/b8-7+/t13-/m0/s1. The van der Waals surface area contributed by atoms with E-state index in [1.807, 2.05) is 30.3 Å². The van der Waals surface area contributed by atoms with Crippen LogP contribution in [0, 0.1) is 0 Å². The predicted octanol–water partition coefficient (Wildman–Crippen LogP) is 0.372. The molecule has 0 amide bonds. The van der Waals surface area contributed by atoms with E-state index in [9.17, 15) is 14.4 Å². The Balaban J connectivity index is 2.22. The van der Waals surface area contributed by atoms with Crippen LogP contribution >= 0.6 is 0 Å². The first-order chi connectivity index (χ1) is 11.0. The molecule has 7 heteroatoms. The van der Waals surface area contributed by atoms with Gasteiger partial charge >= 0.3 is 17.9 Å². The smallest absolute Gasteiger partial charge is 0.331 e. The number of carbonyl (C=O) groups excluding carboxylic acids is 3. The second kappa shape index (κ2) is 10.1. The highest BCUT2D eigenvalue weighted by Gasteiger charge is 2.15. The summed E-state index contributed by atoms with van der Waals surface area (Å²) in [4.78, 5) is 33.6. The van der Waals surface area contributed by atoms with Crippen molar-refractivity contribution >= 4 is 17.9 Å². The van der Waals surface area contributed by atoms with Crippen molar-refractivity contribution in [1.82, 2.24) is 0 Å². The Hall–Kier alpha value is -2.67. The zero-order valence-electron chi connectivity index (χ0n) is 12.8. The van der Waals surface area contributed by atoms with Crippen LogP contribution in [0.3, 0.4) is 0 Å². The van der Waals surface area contributed by atoms with Gasteiger partial charge in [0.15, 0.2) is 0 Å². The van der Waals surface area contributed by atoms with Crippen molar-refractivity contribution in [3.8, 4) is 0 Å². The molecule has 0 aliphatic heterocycles. The number of ether oxygens (including phenoxy) is 3. The van der Waals surface area contributed by atoms with Crippen LogP contribution in [0.5, 0.6) is 0 Å². The molecule has 1 rings (SSSR count). The van der Waals surface area contributed by atoms with Crippen LogP contribution in [0.25, 0.3) is 0 Å². The van der Waals surface area contributed by atoms with Gasteiger partial charge in [-0.2, -0.15) is 0 Å². The lowest BCUT2D eigenvalue weighted by atomic mass is 10.1. The molecule has 0 radical (unpaired) electrons. The Kier molecular flexibility index (Phi) is 8.09. The number of esters is 3. The topological polar surface area (TPSA) is 105 Å². The normalized spacial score (nSPS) is 11.7. The van der Waals surface area contributed by atoms with Crippen molar-refractivity contribution in [1.29, 1.82) is 0 Å². The van der Waals surface area contributed by atoms with Gasteiger partial charge < -0.3 is 19.9 Å². The lowest BCUT2D eigenvalue weighted by Crippen LogP contribution is -2.35. The minimum Gasteiger partial charge on any atom is -0.466 e. The summed E-state index contributed by atoms with van der Waals surface area (Å²) < 4.78 is 14.0. The molecule has 0 aromatic heterocycles. The van der Waals surface area contributed by atoms with Gasteiger partial charge in [0.25, 0.3) is 0 Å². The van der Waals surface area contributed by atoms with Gasteiger partial charge in [-0.3, -0.25) is 4.79 Å². The maximum Gasteiger partial charge on any atom is 0.331 e. The first kappa shape index (κ1) is 18.4. The molecule has 0 unspecified atom stereocenters. The molecule has 0 fully saturated rings. The van der Waals surface area contributed by atoms with E-state index in [0.717, 1.165) is 17.7 Å². The highest BCUT2D eigenvalue weighted by Crippen LogP contribution is 2.02. The minimum absolute atomic E-state index is 0.112. The van der Waals surface area contributed by atoms with Crippen LogP contribution in [0.15, 0.2) is 42.5 Å². The predicted molar refractivity (Wildman–Crippen MR) is 81.2 cm³/mol. The molecule has 1 aromatic carbocycles. The summed E-state index contributed by atoms with van der Waals surface area (Å²) in [7, 11) is 1.19. The van der Waals surface area contributed by atoms with Gasteiger partial charge in [0.2, 0.25) is 0 Å². The summed E-state index contributed by atoms with van der Waals surface area (Å²) in [5, 5.41) is 0. The fourth-order valence-corrected chi connectivity index (χ4v) is 1.60. The zero-order chi connectivity index (χ0) is 17.1. The summed E-state index contributed by atoms with van der Waals surface area (Å²) in [5.74, 6) is -1.98. The van der Waals surface area contributed by atoms with Gasteiger partial charge in [0.05, 0.1) is 7.11 Å². The molecule has 0 aliphatic carbocycles. The van der Waals surface area contributed by atoms with E-state index < -0.39 is 23.9 Å². The molecule has 23 heavy (non-hydrogen) atoms. The largest absolute Gasteiger partial charge is 0.466 e. The van der Waals surface area contributed by atoms with Crippen molar-refractivity contribution in [2.24, 2.45) is 5.73 Å². The van der Waals surface area contributed by atoms with E-state index in [1.165, 1.54) is 7.11 Å². The van der Waals surface area contributed by atoms with E-state index in [4.69, 9.17) is 15.2 Å². The molecule has 1 aromatic rings. The number of carbonyl (C=O) groups is 3. The average molecular weight is 321 g/mol. The Morgan fingerprint density at radius 1 is 1.04 bits per heavy atom. The molecular formula is C16H19NO6. The van der Waals surface area contributed by atoms with Gasteiger partial charge in [0, 0.05) is 12.2 Å². The van der Waals surface area contributed by atoms with Crippen molar-refractivity contribution in [2.75, 3.05) is 20.3 Å². The molecule has 0 aliphatic rings.